The zero-order valence-electron chi connectivity index (χ0n) is 12.3. The lowest BCUT2D eigenvalue weighted by Crippen LogP contribution is -2.03. The lowest BCUT2D eigenvalue weighted by atomic mass is 10.0. The van der Waals surface area contributed by atoms with Crippen molar-refractivity contribution in [2.45, 2.75) is 46.0 Å². The SMILES string of the molecule is CCCCc1c(C#N)nnn1-c1ccc(C(C)C)cc1. The van der Waals surface area contributed by atoms with E-state index in [1.807, 2.05) is 12.1 Å². The number of benzene rings is 1. The van der Waals surface area contributed by atoms with E-state index in [4.69, 9.17) is 5.26 Å². The Kier molecular flexibility index (Phi) is 4.52. The number of rotatable bonds is 5. The molecule has 0 aliphatic carbocycles. The van der Waals surface area contributed by atoms with Crippen LogP contribution in [0.3, 0.4) is 0 Å². The number of aromatic nitrogens is 3. The highest BCUT2D eigenvalue weighted by molar-refractivity contribution is 5.38. The Morgan fingerprint density at radius 3 is 2.50 bits per heavy atom. The summed E-state index contributed by atoms with van der Waals surface area (Å²) in [4.78, 5) is 0. The van der Waals surface area contributed by atoms with Gasteiger partial charge in [0.2, 0.25) is 0 Å². The minimum atomic E-state index is 0.436. The van der Waals surface area contributed by atoms with Crippen LogP contribution < -0.4 is 0 Å². The zero-order chi connectivity index (χ0) is 14.5. The third-order valence-electron chi connectivity index (χ3n) is 3.44. The van der Waals surface area contributed by atoms with Crippen LogP contribution in [0.15, 0.2) is 24.3 Å². The molecule has 1 aromatic heterocycles. The van der Waals surface area contributed by atoms with Crippen molar-refractivity contribution >= 4 is 0 Å². The number of nitrogens with zero attached hydrogens (tertiary/aromatic N) is 4. The van der Waals surface area contributed by atoms with Crippen LogP contribution in [0.2, 0.25) is 0 Å². The molecule has 0 spiro atoms. The quantitative estimate of drug-likeness (QED) is 0.832. The van der Waals surface area contributed by atoms with Gasteiger partial charge in [-0.25, -0.2) is 4.68 Å². The van der Waals surface area contributed by atoms with Gasteiger partial charge in [-0.3, -0.25) is 0 Å². The van der Waals surface area contributed by atoms with Gasteiger partial charge in [0.1, 0.15) is 6.07 Å². The second-order valence-corrected chi connectivity index (χ2v) is 5.26. The minimum absolute atomic E-state index is 0.436. The molecular formula is C16H20N4. The van der Waals surface area contributed by atoms with Crippen molar-refractivity contribution in [1.82, 2.24) is 15.0 Å². The van der Waals surface area contributed by atoms with Crippen LogP contribution >= 0.6 is 0 Å². The highest BCUT2D eigenvalue weighted by Crippen LogP contribution is 2.19. The maximum absolute atomic E-state index is 9.13. The largest absolute Gasteiger partial charge is 0.216 e. The van der Waals surface area contributed by atoms with Crippen molar-refractivity contribution in [2.24, 2.45) is 0 Å². The fourth-order valence-corrected chi connectivity index (χ4v) is 2.16. The van der Waals surface area contributed by atoms with Gasteiger partial charge in [-0.1, -0.05) is 44.5 Å². The van der Waals surface area contributed by atoms with Crippen molar-refractivity contribution in [3.63, 3.8) is 0 Å². The van der Waals surface area contributed by atoms with E-state index < -0.39 is 0 Å². The first-order chi connectivity index (χ1) is 9.67. The molecule has 1 aromatic carbocycles. The molecule has 0 N–H and O–H groups in total. The Hall–Kier alpha value is -2.15. The molecule has 104 valence electrons. The van der Waals surface area contributed by atoms with Gasteiger partial charge >= 0.3 is 0 Å². The van der Waals surface area contributed by atoms with Gasteiger partial charge in [0.25, 0.3) is 0 Å². The summed E-state index contributed by atoms with van der Waals surface area (Å²) in [5, 5.41) is 17.2. The number of hydrogen-bond donors (Lipinski definition) is 0. The predicted octanol–water partition coefficient (Wildman–Crippen LogP) is 3.60. The average Bonchev–Trinajstić information content (AvgIpc) is 2.88. The molecule has 0 fully saturated rings. The summed E-state index contributed by atoms with van der Waals surface area (Å²) in [6.45, 7) is 6.48. The first kappa shape index (κ1) is 14.3. The van der Waals surface area contributed by atoms with Crippen LogP contribution in [0.25, 0.3) is 5.69 Å². The molecule has 0 amide bonds. The monoisotopic (exact) mass is 268 g/mol. The predicted molar refractivity (Wildman–Crippen MR) is 78.8 cm³/mol. The van der Waals surface area contributed by atoms with Crippen molar-refractivity contribution < 1.29 is 0 Å². The van der Waals surface area contributed by atoms with E-state index in [0.29, 0.717) is 11.6 Å². The average molecular weight is 268 g/mol. The van der Waals surface area contributed by atoms with Gasteiger partial charge in [-0.05, 0) is 36.5 Å². The van der Waals surface area contributed by atoms with E-state index in [9.17, 15) is 0 Å². The normalized spacial score (nSPS) is 10.8. The van der Waals surface area contributed by atoms with Crippen LogP contribution in [0.1, 0.15) is 56.5 Å². The smallest absolute Gasteiger partial charge is 0.186 e. The van der Waals surface area contributed by atoms with Gasteiger partial charge in [-0.15, -0.1) is 5.10 Å². The second-order valence-electron chi connectivity index (χ2n) is 5.26. The van der Waals surface area contributed by atoms with Crippen molar-refractivity contribution in [3.05, 3.63) is 41.2 Å². The van der Waals surface area contributed by atoms with Crippen LogP contribution in [0.5, 0.6) is 0 Å². The maximum atomic E-state index is 9.13. The van der Waals surface area contributed by atoms with Crippen LogP contribution in [0, 0.1) is 11.3 Å². The van der Waals surface area contributed by atoms with Gasteiger partial charge < -0.3 is 0 Å². The number of hydrogen-bond acceptors (Lipinski definition) is 3. The van der Waals surface area contributed by atoms with Gasteiger partial charge in [-0.2, -0.15) is 5.26 Å². The first-order valence-electron chi connectivity index (χ1n) is 7.12. The minimum Gasteiger partial charge on any atom is -0.216 e. The molecule has 0 atom stereocenters. The van der Waals surface area contributed by atoms with Crippen molar-refractivity contribution in [2.75, 3.05) is 0 Å². The van der Waals surface area contributed by atoms with E-state index >= 15 is 0 Å². The molecule has 1 heterocycles. The fraction of sp³-hybridized carbons (Fsp3) is 0.438. The highest BCUT2D eigenvalue weighted by Gasteiger charge is 2.13. The van der Waals surface area contributed by atoms with Crippen LogP contribution in [-0.2, 0) is 6.42 Å². The summed E-state index contributed by atoms with van der Waals surface area (Å²) >= 11 is 0. The fourth-order valence-electron chi connectivity index (χ4n) is 2.16. The number of nitriles is 1. The third kappa shape index (κ3) is 2.88. The Morgan fingerprint density at radius 1 is 1.25 bits per heavy atom. The lowest BCUT2D eigenvalue weighted by molar-refractivity contribution is 0.714. The summed E-state index contributed by atoms with van der Waals surface area (Å²) in [7, 11) is 0. The molecule has 0 saturated carbocycles. The summed E-state index contributed by atoms with van der Waals surface area (Å²) in [5.74, 6) is 0.508. The summed E-state index contributed by atoms with van der Waals surface area (Å²) in [5.41, 5.74) is 3.61. The molecule has 0 unspecified atom stereocenters. The molecule has 20 heavy (non-hydrogen) atoms. The zero-order valence-corrected chi connectivity index (χ0v) is 12.3. The second kappa shape index (κ2) is 6.33. The Labute approximate surface area is 120 Å². The van der Waals surface area contributed by atoms with Gasteiger partial charge in [0.15, 0.2) is 5.69 Å². The lowest BCUT2D eigenvalue weighted by Gasteiger charge is -2.09. The summed E-state index contributed by atoms with van der Waals surface area (Å²) in [6.07, 6.45) is 2.95. The summed E-state index contributed by atoms with van der Waals surface area (Å²) in [6, 6.07) is 10.4. The first-order valence-corrected chi connectivity index (χ1v) is 7.12. The molecule has 0 aliphatic rings. The topological polar surface area (TPSA) is 54.5 Å². The molecule has 2 rings (SSSR count). The van der Waals surface area contributed by atoms with Crippen LogP contribution in [-0.4, -0.2) is 15.0 Å². The van der Waals surface area contributed by atoms with Crippen LogP contribution in [0.4, 0.5) is 0 Å². The molecule has 4 heteroatoms. The molecular weight excluding hydrogens is 248 g/mol. The van der Waals surface area contributed by atoms with Crippen molar-refractivity contribution in [1.29, 1.82) is 5.26 Å². The Bertz CT molecular complexity index is 602. The Morgan fingerprint density at radius 2 is 1.95 bits per heavy atom. The summed E-state index contributed by atoms with van der Waals surface area (Å²) < 4.78 is 1.79. The molecule has 4 nitrogen and oxygen atoms in total. The molecule has 0 radical (unpaired) electrons. The molecule has 2 aromatic rings. The van der Waals surface area contributed by atoms with E-state index in [1.54, 1.807) is 4.68 Å². The molecule has 0 bridgehead atoms. The molecule has 0 aliphatic heterocycles. The van der Waals surface area contributed by atoms with Gasteiger partial charge in [0.05, 0.1) is 11.4 Å². The highest BCUT2D eigenvalue weighted by atomic mass is 15.4. The standard InChI is InChI=1S/C16H20N4/c1-4-5-6-16-15(11-17)18-19-20(16)14-9-7-13(8-10-14)12(2)3/h7-10,12H,4-6H2,1-3H3. The number of unbranched alkanes of at least 4 members (excludes halogenated alkanes) is 1. The van der Waals surface area contributed by atoms with Gasteiger partial charge in [0, 0.05) is 0 Å². The molecule has 0 saturated heterocycles. The van der Waals surface area contributed by atoms with E-state index in [0.717, 1.165) is 30.6 Å². The Balaban J connectivity index is 2.36. The maximum Gasteiger partial charge on any atom is 0.186 e. The van der Waals surface area contributed by atoms with Crippen molar-refractivity contribution in [3.8, 4) is 11.8 Å². The third-order valence-corrected chi connectivity index (χ3v) is 3.44. The van der Waals surface area contributed by atoms with E-state index in [2.05, 4.69) is 49.3 Å². The van der Waals surface area contributed by atoms with E-state index in [-0.39, 0.29) is 0 Å². The van der Waals surface area contributed by atoms with E-state index in [1.165, 1.54) is 5.56 Å².